The zero-order chi connectivity index (χ0) is 15.2. The molecule has 0 saturated heterocycles. The molecule has 1 aromatic rings. The normalized spacial score (nSPS) is 12.5. The van der Waals surface area contributed by atoms with E-state index in [1.807, 2.05) is 0 Å². The number of hydrogen-bond acceptors (Lipinski definition) is 4. The van der Waals surface area contributed by atoms with E-state index in [1.165, 1.54) is 24.3 Å². The molecule has 108 valence electrons. The van der Waals surface area contributed by atoms with Gasteiger partial charge in [-0.3, -0.25) is 4.79 Å². The van der Waals surface area contributed by atoms with Gasteiger partial charge in [0.05, 0.1) is 0 Å². The number of aliphatic carboxylic acids is 1. The Morgan fingerprint density at radius 1 is 1.21 bits per heavy atom. The minimum atomic E-state index is -4.68. The van der Waals surface area contributed by atoms with Crippen molar-refractivity contribution in [1.29, 1.82) is 0 Å². The van der Waals surface area contributed by atoms with E-state index in [-0.39, 0.29) is 10.3 Å². The van der Waals surface area contributed by atoms with Gasteiger partial charge in [0.15, 0.2) is 0 Å². The molecule has 0 saturated carbocycles. The molecule has 0 aliphatic rings. The maximum absolute atomic E-state index is 10.7. The third-order valence-electron chi connectivity index (χ3n) is 2.23. The zero-order valence-electron chi connectivity index (χ0n) is 10.7. The van der Waals surface area contributed by atoms with Gasteiger partial charge in [0.1, 0.15) is 6.04 Å². The number of carboxylic acid groups (broad SMARTS) is 1. The summed E-state index contributed by atoms with van der Waals surface area (Å²) in [4.78, 5) is 10.0. The Labute approximate surface area is 114 Å². The topological polar surface area (TPSA) is 147 Å². The van der Waals surface area contributed by atoms with E-state index in [9.17, 15) is 8.53 Å². The van der Waals surface area contributed by atoms with Gasteiger partial charge in [-0.25, -0.2) is 0 Å². The molecule has 1 atom stereocenters. The Morgan fingerprint density at radius 3 is 1.84 bits per heavy atom. The third-order valence-corrected chi connectivity index (χ3v) is 4.27. The van der Waals surface area contributed by atoms with Gasteiger partial charge in [-0.1, -0.05) is 13.8 Å². The predicted molar refractivity (Wildman–Crippen MR) is 71.8 cm³/mol. The molecule has 7 N–H and O–H groups in total. The average Bonchev–Trinajstić information content (AvgIpc) is 2.27. The summed E-state index contributed by atoms with van der Waals surface area (Å²) in [6.45, 7) is 3.55. The second kappa shape index (κ2) is 7.35. The van der Waals surface area contributed by atoms with E-state index in [0.717, 1.165) is 0 Å². The van der Waals surface area contributed by atoms with Crippen LogP contribution in [-0.4, -0.2) is 39.5 Å². The number of carbonyl (C=O) groups is 1. The Balaban J connectivity index is 0.000000362. The van der Waals surface area contributed by atoms with E-state index in [4.69, 9.17) is 24.8 Å². The first-order valence-electron chi connectivity index (χ1n) is 5.45. The van der Waals surface area contributed by atoms with Gasteiger partial charge in [0, 0.05) is 0 Å². The maximum atomic E-state index is 10.7. The Bertz CT molecular complexity index is 455. The quantitative estimate of drug-likeness (QED) is 0.348. The third kappa shape index (κ3) is 7.02. The summed E-state index contributed by atoms with van der Waals surface area (Å²) < 4.78 is 28.1. The summed E-state index contributed by atoms with van der Waals surface area (Å²) in [6, 6.07) is 4.91. The molecule has 0 amide bonds. The van der Waals surface area contributed by atoms with Crippen molar-refractivity contribution < 1.29 is 21.8 Å². The van der Waals surface area contributed by atoms with E-state index < -0.39 is 26.2 Å². The molecule has 0 heterocycles. The summed E-state index contributed by atoms with van der Waals surface area (Å²) in [7, 11) is 0. The van der Waals surface area contributed by atoms with Crippen LogP contribution in [0.3, 0.4) is 0 Å². The van der Waals surface area contributed by atoms with Gasteiger partial charge in [-0.15, -0.1) is 0 Å². The summed E-state index contributed by atoms with van der Waals surface area (Å²) in [5.74, 6) is -0.910. The fourth-order valence-corrected chi connectivity index (χ4v) is 2.08. The monoisotopic (exact) mass is 334 g/mol. The molecule has 0 aliphatic heterocycles. The van der Waals surface area contributed by atoms with Gasteiger partial charge >= 0.3 is 72.1 Å². The van der Waals surface area contributed by atoms with Crippen molar-refractivity contribution in [3.8, 4) is 0 Å². The Kier molecular flexibility index (Phi) is 6.86. The summed E-state index contributed by atoms with van der Waals surface area (Å²) in [5.41, 5.74) is 11.0. The van der Waals surface area contributed by atoms with Crippen LogP contribution in [0.15, 0.2) is 24.3 Å². The molecule has 0 radical (unpaired) electrons. The van der Waals surface area contributed by atoms with Crippen molar-refractivity contribution in [1.82, 2.24) is 0 Å². The molecular weight excluding hydrogens is 315 g/mol. The Morgan fingerprint density at radius 2 is 1.63 bits per heavy atom. The number of rotatable bonds is 3. The van der Waals surface area contributed by atoms with Crippen molar-refractivity contribution in [3.63, 3.8) is 0 Å². The van der Waals surface area contributed by atoms with Crippen LogP contribution in [0.1, 0.15) is 13.8 Å². The van der Waals surface area contributed by atoms with Gasteiger partial charge in [0.25, 0.3) is 0 Å². The van der Waals surface area contributed by atoms with Crippen molar-refractivity contribution in [2.75, 3.05) is 5.73 Å². The molecule has 0 aliphatic carbocycles. The molecule has 0 spiro atoms. The Hall–Kier alpha value is -1.27. The van der Waals surface area contributed by atoms with E-state index in [2.05, 4.69) is 0 Å². The fourth-order valence-electron chi connectivity index (χ4n) is 0.954. The SMILES string of the molecule is CC(C)[C@H](N)C(=O)O.Nc1ccc([As](=O)(O)O)cc1. The van der Waals surface area contributed by atoms with Gasteiger partial charge < -0.3 is 10.8 Å². The fraction of sp³-hybridized carbons (Fsp3) is 0.364. The van der Waals surface area contributed by atoms with Crippen LogP contribution in [0.5, 0.6) is 0 Å². The number of carboxylic acids is 1. The summed E-state index contributed by atoms with van der Waals surface area (Å²) in [5, 5.41) is 8.23. The van der Waals surface area contributed by atoms with E-state index >= 15 is 0 Å². The number of nitrogen functional groups attached to an aromatic ring is 1. The van der Waals surface area contributed by atoms with Crippen molar-refractivity contribution in [2.45, 2.75) is 19.9 Å². The number of anilines is 1. The zero-order valence-corrected chi connectivity index (χ0v) is 12.6. The number of benzene rings is 1. The van der Waals surface area contributed by atoms with Crippen LogP contribution in [0.25, 0.3) is 0 Å². The molecule has 0 fully saturated rings. The number of nitrogens with two attached hydrogens (primary N) is 2. The van der Waals surface area contributed by atoms with Crippen molar-refractivity contribution in [3.05, 3.63) is 24.3 Å². The molecule has 7 nitrogen and oxygen atoms in total. The molecule has 0 unspecified atom stereocenters. The van der Waals surface area contributed by atoms with E-state index in [1.54, 1.807) is 13.8 Å². The van der Waals surface area contributed by atoms with Gasteiger partial charge in [-0.2, -0.15) is 0 Å². The van der Waals surface area contributed by atoms with Crippen molar-refractivity contribution >= 4 is 30.2 Å². The summed E-state index contributed by atoms with van der Waals surface area (Å²) >= 11 is -4.68. The summed E-state index contributed by atoms with van der Waals surface area (Å²) in [6.07, 6.45) is 0. The molecule has 19 heavy (non-hydrogen) atoms. The van der Waals surface area contributed by atoms with Crippen molar-refractivity contribution in [2.24, 2.45) is 11.7 Å². The molecule has 0 bridgehead atoms. The molecule has 8 heteroatoms. The van der Waals surface area contributed by atoms with E-state index in [0.29, 0.717) is 5.69 Å². The first-order valence-corrected chi connectivity index (χ1v) is 8.84. The molecule has 1 aromatic carbocycles. The van der Waals surface area contributed by atoms with Crippen LogP contribution >= 0.6 is 0 Å². The van der Waals surface area contributed by atoms with Crippen LogP contribution in [0.2, 0.25) is 0 Å². The average molecular weight is 334 g/mol. The predicted octanol–water partition coefficient (Wildman–Crippen LogP) is -1.12. The van der Waals surface area contributed by atoms with Crippen LogP contribution in [0, 0.1) is 5.92 Å². The molecular formula is C11H19AsN2O5. The van der Waals surface area contributed by atoms with Crippen LogP contribution in [0.4, 0.5) is 5.69 Å². The number of hydrogen-bond donors (Lipinski definition) is 5. The minimum absolute atomic E-state index is 0.0208. The van der Waals surface area contributed by atoms with Crippen LogP contribution in [-0.2, 0) is 8.53 Å². The molecule has 1 rings (SSSR count). The molecule has 0 aromatic heterocycles. The van der Waals surface area contributed by atoms with Gasteiger partial charge in [-0.05, 0) is 5.92 Å². The second-order valence-electron chi connectivity index (χ2n) is 4.24. The second-order valence-corrected chi connectivity index (χ2v) is 7.61. The first kappa shape index (κ1) is 17.7. The van der Waals surface area contributed by atoms with Gasteiger partial charge in [0.2, 0.25) is 0 Å². The standard InChI is InChI=1S/C6H8AsNO3.C5H11NO2/c8-6-3-1-5(2-4-6)7(9,10)11;1-3(2)4(6)5(7)8/h1-4H,8H2,(H2,9,10,11);3-4H,6H2,1-2H3,(H,7,8)/t;4-/m.0/s1. The first-order chi connectivity index (χ1) is 8.55. The van der Waals surface area contributed by atoms with Crippen LogP contribution < -0.4 is 15.8 Å².